The Balaban J connectivity index is 1.35. The van der Waals surface area contributed by atoms with Crippen molar-refractivity contribution >= 4 is 17.3 Å². The second-order valence-corrected chi connectivity index (χ2v) is 7.37. The number of aryl methyl sites for hydroxylation is 2. The minimum absolute atomic E-state index is 0.00101. The lowest BCUT2D eigenvalue weighted by Gasteiger charge is -2.05. The Morgan fingerprint density at radius 3 is 2.48 bits per heavy atom. The van der Waals surface area contributed by atoms with Gasteiger partial charge in [0, 0.05) is 24.2 Å². The summed E-state index contributed by atoms with van der Waals surface area (Å²) in [6.45, 7) is 2.05. The van der Waals surface area contributed by atoms with Crippen LogP contribution in [-0.4, -0.2) is 20.3 Å². The van der Waals surface area contributed by atoms with Crippen molar-refractivity contribution in [3.05, 3.63) is 94.3 Å². The molecule has 2 aromatic heterocycles. The smallest absolute Gasteiger partial charge is 0.311 e. The van der Waals surface area contributed by atoms with E-state index >= 15 is 0 Å². The number of benzene rings is 2. The average Bonchev–Trinajstić information content (AvgIpc) is 3.19. The Hall–Kier alpha value is -4.00. The van der Waals surface area contributed by atoms with Gasteiger partial charge in [-0.25, -0.2) is 4.98 Å². The number of ether oxygens (including phenoxy) is 1. The zero-order valence-corrected chi connectivity index (χ0v) is 17.0. The van der Waals surface area contributed by atoms with Crippen molar-refractivity contribution in [2.75, 3.05) is 0 Å². The Morgan fingerprint density at radius 2 is 1.77 bits per heavy atom. The first-order valence-corrected chi connectivity index (χ1v) is 9.98. The molecule has 0 spiro atoms. The van der Waals surface area contributed by atoms with Gasteiger partial charge in [0.2, 0.25) is 0 Å². The standard InChI is InChI=1S/C24H21N3O4/c1-17-5-7-18(8-6-17)3-2-4-24(28)31-21-12-9-19(10-13-21)22-16-26-15-20(27(29)30)11-14-23(26)25-22/h5-16H,2-4H2,1H3. The van der Waals surface area contributed by atoms with Gasteiger partial charge in [-0.15, -0.1) is 0 Å². The third-order valence-corrected chi connectivity index (χ3v) is 4.99. The Labute approximate surface area is 179 Å². The first-order valence-electron chi connectivity index (χ1n) is 9.98. The maximum Gasteiger partial charge on any atom is 0.311 e. The van der Waals surface area contributed by atoms with Crippen LogP contribution in [0, 0.1) is 17.0 Å². The van der Waals surface area contributed by atoms with E-state index in [0.717, 1.165) is 18.4 Å². The fourth-order valence-electron chi connectivity index (χ4n) is 3.29. The van der Waals surface area contributed by atoms with Gasteiger partial charge in [0.25, 0.3) is 5.69 Å². The molecule has 0 saturated heterocycles. The number of fused-ring (bicyclic) bond motifs is 1. The van der Waals surface area contributed by atoms with E-state index in [1.165, 1.54) is 23.4 Å². The van der Waals surface area contributed by atoms with E-state index in [-0.39, 0.29) is 11.7 Å². The summed E-state index contributed by atoms with van der Waals surface area (Å²) >= 11 is 0. The van der Waals surface area contributed by atoms with Gasteiger partial charge in [-0.05, 0) is 55.7 Å². The number of carbonyl (C=O) groups excluding carboxylic acids is 1. The van der Waals surface area contributed by atoms with E-state index in [2.05, 4.69) is 29.2 Å². The highest BCUT2D eigenvalue weighted by Gasteiger charge is 2.11. The van der Waals surface area contributed by atoms with E-state index in [0.29, 0.717) is 23.5 Å². The van der Waals surface area contributed by atoms with Crippen molar-refractivity contribution in [3.63, 3.8) is 0 Å². The van der Waals surface area contributed by atoms with Gasteiger partial charge < -0.3 is 4.74 Å². The molecule has 4 aromatic rings. The summed E-state index contributed by atoms with van der Waals surface area (Å²) in [7, 11) is 0. The van der Waals surface area contributed by atoms with Gasteiger partial charge in [-0.3, -0.25) is 19.3 Å². The van der Waals surface area contributed by atoms with Crippen molar-refractivity contribution < 1.29 is 14.5 Å². The fourth-order valence-corrected chi connectivity index (χ4v) is 3.29. The molecule has 0 N–H and O–H groups in total. The molecule has 0 amide bonds. The zero-order valence-electron chi connectivity index (χ0n) is 17.0. The summed E-state index contributed by atoms with van der Waals surface area (Å²) in [6, 6.07) is 18.4. The van der Waals surface area contributed by atoms with Gasteiger partial charge in [0.05, 0.1) is 16.8 Å². The highest BCUT2D eigenvalue weighted by molar-refractivity contribution is 5.73. The molecule has 0 radical (unpaired) electrons. The SMILES string of the molecule is Cc1ccc(CCCC(=O)Oc2ccc(-c3cn4cc([N+](=O)[O-])ccc4n3)cc2)cc1. The normalized spacial score (nSPS) is 10.9. The highest BCUT2D eigenvalue weighted by Crippen LogP contribution is 2.24. The van der Waals surface area contributed by atoms with Crippen LogP contribution in [0.4, 0.5) is 5.69 Å². The van der Waals surface area contributed by atoms with E-state index < -0.39 is 4.92 Å². The molecule has 0 bridgehead atoms. The van der Waals surface area contributed by atoms with Crippen LogP contribution in [-0.2, 0) is 11.2 Å². The molecule has 2 heterocycles. The number of nitro groups is 1. The summed E-state index contributed by atoms with van der Waals surface area (Å²) in [5.41, 5.74) is 4.55. The molecule has 0 saturated carbocycles. The summed E-state index contributed by atoms with van der Waals surface area (Å²) in [5, 5.41) is 10.9. The zero-order chi connectivity index (χ0) is 21.8. The molecule has 0 aliphatic carbocycles. The lowest BCUT2D eigenvalue weighted by Crippen LogP contribution is -2.08. The second kappa shape index (κ2) is 8.79. The maximum absolute atomic E-state index is 12.1. The van der Waals surface area contributed by atoms with Crippen molar-refractivity contribution in [1.82, 2.24) is 9.38 Å². The number of nitrogens with zero attached hydrogens (tertiary/aromatic N) is 3. The van der Waals surface area contributed by atoms with Crippen LogP contribution < -0.4 is 4.74 Å². The first kappa shape index (κ1) is 20.3. The molecular formula is C24H21N3O4. The minimum Gasteiger partial charge on any atom is -0.427 e. The quantitative estimate of drug-likeness (QED) is 0.180. The average molecular weight is 415 g/mol. The van der Waals surface area contributed by atoms with Crippen LogP contribution >= 0.6 is 0 Å². The number of pyridine rings is 1. The van der Waals surface area contributed by atoms with E-state index in [9.17, 15) is 14.9 Å². The van der Waals surface area contributed by atoms with Crippen molar-refractivity contribution in [3.8, 4) is 17.0 Å². The molecule has 0 aliphatic rings. The van der Waals surface area contributed by atoms with Crippen molar-refractivity contribution in [2.24, 2.45) is 0 Å². The van der Waals surface area contributed by atoms with E-state index in [4.69, 9.17) is 4.74 Å². The number of carbonyl (C=O) groups is 1. The van der Waals surface area contributed by atoms with Gasteiger partial charge in [-0.1, -0.05) is 29.8 Å². The molecule has 0 fully saturated rings. The molecule has 0 unspecified atom stereocenters. The highest BCUT2D eigenvalue weighted by atomic mass is 16.6. The number of hydrogen-bond donors (Lipinski definition) is 0. The molecule has 0 atom stereocenters. The molecule has 7 nitrogen and oxygen atoms in total. The number of imidazole rings is 1. The van der Waals surface area contributed by atoms with Gasteiger partial charge in [0.15, 0.2) is 0 Å². The van der Waals surface area contributed by atoms with Crippen LogP contribution in [0.3, 0.4) is 0 Å². The van der Waals surface area contributed by atoms with E-state index in [1.54, 1.807) is 28.8 Å². The molecule has 4 rings (SSSR count). The summed E-state index contributed by atoms with van der Waals surface area (Å²) < 4.78 is 7.04. The first-order chi connectivity index (χ1) is 15.0. The number of hydrogen-bond acceptors (Lipinski definition) is 5. The fraction of sp³-hybridized carbons (Fsp3) is 0.167. The van der Waals surface area contributed by atoms with Gasteiger partial charge >= 0.3 is 5.97 Å². The lowest BCUT2D eigenvalue weighted by molar-refractivity contribution is -0.385. The summed E-state index contributed by atoms with van der Waals surface area (Å²) in [6.07, 6.45) is 5.07. The third-order valence-electron chi connectivity index (χ3n) is 4.99. The van der Waals surface area contributed by atoms with Crippen LogP contribution in [0.2, 0.25) is 0 Å². The Kier molecular flexibility index (Phi) is 5.75. The number of esters is 1. The van der Waals surface area contributed by atoms with E-state index in [1.807, 2.05) is 19.1 Å². The van der Waals surface area contributed by atoms with Gasteiger partial charge in [-0.2, -0.15) is 0 Å². The van der Waals surface area contributed by atoms with Crippen LogP contribution in [0.5, 0.6) is 5.75 Å². The second-order valence-electron chi connectivity index (χ2n) is 7.37. The predicted octanol–water partition coefficient (Wildman–Crippen LogP) is 5.15. The summed E-state index contributed by atoms with van der Waals surface area (Å²) in [5.74, 6) is 0.211. The molecule has 7 heteroatoms. The Bertz CT molecular complexity index is 1230. The van der Waals surface area contributed by atoms with Gasteiger partial charge in [0.1, 0.15) is 11.4 Å². The monoisotopic (exact) mass is 415 g/mol. The minimum atomic E-state index is -0.441. The largest absolute Gasteiger partial charge is 0.427 e. The van der Waals surface area contributed by atoms with Crippen LogP contribution in [0.1, 0.15) is 24.0 Å². The summed E-state index contributed by atoms with van der Waals surface area (Å²) in [4.78, 5) is 27.1. The molecule has 156 valence electrons. The van der Waals surface area contributed by atoms with Crippen LogP contribution in [0.15, 0.2) is 73.1 Å². The number of rotatable bonds is 7. The molecular weight excluding hydrogens is 394 g/mol. The molecule has 0 aliphatic heterocycles. The molecule has 31 heavy (non-hydrogen) atoms. The maximum atomic E-state index is 12.1. The van der Waals surface area contributed by atoms with Crippen molar-refractivity contribution in [1.29, 1.82) is 0 Å². The topological polar surface area (TPSA) is 86.7 Å². The lowest BCUT2D eigenvalue weighted by atomic mass is 10.1. The predicted molar refractivity (Wildman–Crippen MR) is 117 cm³/mol. The van der Waals surface area contributed by atoms with Crippen molar-refractivity contribution in [2.45, 2.75) is 26.2 Å². The molecule has 2 aromatic carbocycles. The third kappa shape index (κ3) is 4.95. The van der Waals surface area contributed by atoms with Crippen LogP contribution in [0.25, 0.3) is 16.9 Å². The Morgan fingerprint density at radius 1 is 1.03 bits per heavy atom. The number of aromatic nitrogens is 2.